The van der Waals surface area contributed by atoms with Crippen LogP contribution < -0.4 is 14.2 Å². The van der Waals surface area contributed by atoms with Crippen molar-refractivity contribution in [3.05, 3.63) is 64.5 Å². The van der Waals surface area contributed by atoms with Crippen LogP contribution >= 0.6 is 0 Å². The van der Waals surface area contributed by atoms with Crippen molar-refractivity contribution in [1.82, 2.24) is 24.8 Å². The van der Waals surface area contributed by atoms with Gasteiger partial charge in [-0.25, -0.2) is 4.68 Å². The smallest absolute Gasteiger partial charge is 0.435 e. The molecule has 3 atom stereocenters. The van der Waals surface area contributed by atoms with Crippen LogP contribution in [0.3, 0.4) is 0 Å². The Labute approximate surface area is 300 Å². The van der Waals surface area contributed by atoms with Gasteiger partial charge in [-0.1, -0.05) is 30.2 Å². The molecule has 0 spiro atoms. The number of amides is 2. The summed E-state index contributed by atoms with van der Waals surface area (Å²) in [5.41, 5.74) is -0.357. The number of halogens is 3. The number of benzene rings is 2. The maximum Gasteiger partial charge on any atom is 0.435 e. The number of esters is 1. The number of hydrogen-bond acceptors (Lipinski definition) is 9. The molecule has 52 heavy (non-hydrogen) atoms. The molecule has 0 N–H and O–H groups in total. The van der Waals surface area contributed by atoms with Crippen molar-refractivity contribution < 1.29 is 46.5 Å². The van der Waals surface area contributed by atoms with Gasteiger partial charge in [-0.05, 0) is 56.4 Å². The maximum absolute atomic E-state index is 14.8. The van der Waals surface area contributed by atoms with Gasteiger partial charge < -0.3 is 28.7 Å². The summed E-state index contributed by atoms with van der Waals surface area (Å²) in [5.74, 6) is -0.0544. The SMILES string of the molecule is COc1ccc(COC(=O)[C@@]2(C)CCCC[C@H]2C(=O)N2CCc3cccc(OCc4nnn(C)c4C(F)(F)F)c3[C@H]2CN2CCCC2=O)c(OC)c1. The fourth-order valence-corrected chi connectivity index (χ4v) is 7.87. The molecule has 3 heterocycles. The highest BCUT2D eigenvalue weighted by atomic mass is 19.4. The van der Waals surface area contributed by atoms with Gasteiger partial charge in [-0.3, -0.25) is 14.4 Å². The van der Waals surface area contributed by atoms with Crippen molar-refractivity contribution in [2.45, 2.75) is 77.3 Å². The lowest BCUT2D eigenvalue weighted by Gasteiger charge is -2.45. The lowest BCUT2D eigenvalue weighted by molar-refractivity contribution is -0.169. The molecule has 12 nitrogen and oxygen atoms in total. The highest BCUT2D eigenvalue weighted by Crippen LogP contribution is 2.46. The molecule has 2 fully saturated rings. The number of carbonyl (C=O) groups is 3. The van der Waals surface area contributed by atoms with E-state index in [2.05, 4.69) is 10.3 Å². The molecule has 2 aliphatic heterocycles. The first-order valence-electron chi connectivity index (χ1n) is 17.5. The number of ether oxygens (including phenoxy) is 4. The van der Waals surface area contributed by atoms with Gasteiger partial charge in [0, 0.05) is 50.3 Å². The van der Waals surface area contributed by atoms with E-state index in [9.17, 15) is 27.6 Å². The Morgan fingerprint density at radius 3 is 2.52 bits per heavy atom. The van der Waals surface area contributed by atoms with Crippen LogP contribution in [-0.4, -0.2) is 76.4 Å². The third kappa shape index (κ3) is 7.26. The van der Waals surface area contributed by atoms with Crippen LogP contribution in [0.25, 0.3) is 0 Å². The molecule has 2 amide bonds. The number of rotatable bonds is 11. The molecule has 0 unspecified atom stereocenters. The number of alkyl halides is 3. The van der Waals surface area contributed by atoms with Gasteiger partial charge in [-0.2, -0.15) is 13.2 Å². The molecule has 2 aromatic carbocycles. The molecule has 1 aromatic heterocycles. The molecule has 0 bridgehead atoms. The minimum atomic E-state index is -4.69. The first kappa shape index (κ1) is 37.0. The minimum absolute atomic E-state index is 0.0349. The van der Waals surface area contributed by atoms with Gasteiger partial charge in [0.05, 0.1) is 31.6 Å². The number of carbonyl (C=O) groups excluding carboxylic acids is 3. The standard InChI is InChI=1S/C37H44F3N5O7/c1-36(35(48)52-21-24-13-14-25(49-3)19-30(24)50-4)16-6-5-10-26(36)34(47)45-18-15-23-9-7-11-29(32(23)28(45)20-44-17-8-12-31(44)46)51-22-27-33(37(38,39)40)43(2)42-41-27/h7,9,11,13-14,19,26,28H,5-6,8,10,12,15-18,20-22H2,1-4H3/t26-,28+,36-/m0/s1. The lowest BCUT2D eigenvalue weighted by atomic mass is 9.66. The maximum atomic E-state index is 14.8. The molecule has 1 saturated heterocycles. The number of fused-ring (bicyclic) bond motifs is 1. The van der Waals surface area contributed by atoms with Crippen LogP contribution in [0.4, 0.5) is 13.2 Å². The quantitative estimate of drug-likeness (QED) is 0.238. The predicted molar refractivity (Wildman–Crippen MR) is 180 cm³/mol. The second-order valence-electron chi connectivity index (χ2n) is 13.8. The monoisotopic (exact) mass is 727 g/mol. The van der Waals surface area contributed by atoms with Crippen molar-refractivity contribution in [3.63, 3.8) is 0 Å². The Balaban J connectivity index is 1.29. The Hall–Kier alpha value is -4.82. The summed E-state index contributed by atoms with van der Waals surface area (Å²) < 4.78 is 64.8. The van der Waals surface area contributed by atoms with E-state index >= 15 is 0 Å². The van der Waals surface area contributed by atoms with E-state index in [0.717, 1.165) is 18.4 Å². The normalized spacial score (nSPS) is 21.9. The first-order chi connectivity index (χ1) is 24.8. The average molecular weight is 728 g/mol. The van der Waals surface area contributed by atoms with Gasteiger partial charge in [0.25, 0.3) is 0 Å². The fourth-order valence-electron chi connectivity index (χ4n) is 7.87. The van der Waals surface area contributed by atoms with Crippen LogP contribution in [0, 0.1) is 11.3 Å². The van der Waals surface area contributed by atoms with E-state index < -0.39 is 41.8 Å². The summed E-state index contributed by atoms with van der Waals surface area (Å²) in [6, 6.07) is 9.88. The summed E-state index contributed by atoms with van der Waals surface area (Å²) >= 11 is 0. The van der Waals surface area contributed by atoms with Gasteiger partial charge in [0.1, 0.15) is 36.2 Å². The van der Waals surface area contributed by atoms with Crippen LogP contribution in [0.1, 0.15) is 79.6 Å². The van der Waals surface area contributed by atoms with E-state index in [-0.39, 0.29) is 30.7 Å². The number of methoxy groups -OCH3 is 2. The molecule has 1 saturated carbocycles. The van der Waals surface area contributed by atoms with E-state index in [0.29, 0.717) is 78.3 Å². The zero-order valence-corrected chi connectivity index (χ0v) is 29.8. The highest BCUT2D eigenvalue weighted by Gasteiger charge is 2.51. The third-order valence-corrected chi connectivity index (χ3v) is 10.7. The number of nitrogens with zero attached hydrogens (tertiary/aromatic N) is 5. The van der Waals surface area contributed by atoms with Gasteiger partial charge in [0.2, 0.25) is 11.8 Å². The third-order valence-electron chi connectivity index (χ3n) is 10.7. The van der Waals surface area contributed by atoms with E-state index in [4.69, 9.17) is 18.9 Å². The molecule has 3 aromatic rings. The van der Waals surface area contributed by atoms with Crippen LogP contribution in [0.15, 0.2) is 36.4 Å². The zero-order valence-electron chi connectivity index (χ0n) is 29.8. The Bertz CT molecular complexity index is 1810. The second-order valence-corrected chi connectivity index (χ2v) is 13.8. The molecule has 6 rings (SSSR count). The summed E-state index contributed by atoms with van der Waals surface area (Å²) in [7, 11) is 4.23. The number of hydrogen-bond donors (Lipinski definition) is 0. The molecular weight excluding hydrogens is 683 g/mol. The zero-order chi connectivity index (χ0) is 37.2. The van der Waals surface area contributed by atoms with Crippen molar-refractivity contribution in [1.29, 1.82) is 0 Å². The number of aryl methyl sites for hydroxylation is 1. The number of aromatic nitrogens is 3. The van der Waals surface area contributed by atoms with Crippen LogP contribution in [0.5, 0.6) is 17.2 Å². The Kier molecular flexibility index (Phi) is 10.7. The van der Waals surface area contributed by atoms with Gasteiger partial charge in [0.15, 0.2) is 5.69 Å². The Morgan fingerprint density at radius 2 is 1.81 bits per heavy atom. The highest BCUT2D eigenvalue weighted by molar-refractivity contribution is 5.89. The summed E-state index contributed by atoms with van der Waals surface area (Å²) in [4.78, 5) is 45.2. The molecule has 3 aliphatic rings. The van der Waals surface area contributed by atoms with Gasteiger partial charge >= 0.3 is 12.1 Å². The largest absolute Gasteiger partial charge is 0.497 e. The minimum Gasteiger partial charge on any atom is -0.497 e. The fraction of sp³-hybridized carbons (Fsp3) is 0.541. The molecule has 1 aliphatic carbocycles. The summed E-state index contributed by atoms with van der Waals surface area (Å²) in [5, 5.41) is 7.26. The summed E-state index contributed by atoms with van der Waals surface area (Å²) in [6.45, 7) is 2.26. The topological polar surface area (TPSA) is 125 Å². The van der Waals surface area contributed by atoms with Gasteiger partial charge in [-0.15, -0.1) is 5.10 Å². The van der Waals surface area contributed by atoms with Crippen LogP contribution in [-0.2, 0) is 52.0 Å². The van der Waals surface area contributed by atoms with Crippen molar-refractivity contribution in [2.24, 2.45) is 18.4 Å². The number of likely N-dealkylation sites (tertiary alicyclic amines) is 1. The predicted octanol–water partition coefficient (Wildman–Crippen LogP) is 5.42. The molecule has 280 valence electrons. The lowest BCUT2D eigenvalue weighted by Crippen LogP contribution is -2.53. The first-order valence-corrected chi connectivity index (χ1v) is 17.5. The van der Waals surface area contributed by atoms with Crippen LogP contribution in [0.2, 0.25) is 0 Å². The van der Waals surface area contributed by atoms with E-state index in [1.807, 2.05) is 6.07 Å². The Morgan fingerprint density at radius 1 is 1.00 bits per heavy atom. The molecule has 0 radical (unpaired) electrons. The van der Waals surface area contributed by atoms with E-state index in [1.54, 1.807) is 54.2 Å². The molecule has 15 heteroatoms. The summed E-state index contributed by atoms with van der Waals surface area (Å²) in [6.07, 6.45) is -0.742. The molecular formula is C37H44F3N5O7. The second kappa shape index (κ2) is 15.0. The van der Waals surface area contributed by atoms with Crippen molar-refractivity contribution in [2.75, 3.05) is 33.9 Å². The average Bonchev–Trinajstić information content (AvgIpc) is 3.73. The van der Waals surface area contributed by atoms with E-state index in [1.165, 1.54) is 14.2 Å². The van der Waals surface area contributed by atoms with Crippen molar-refractivity contribution in [3.8, 4) is 17.2 Å². The van der Waals surface area contributed by atoms with Crippen molar-refractivity contribution >= 4 is 17.8 Å².